The number of anilines is 2. The second-order valence-corrected chi connectivity index (χ2v) is 4.87. The monoisotopic (exact) mass is 262 g/mol. The van der Waals surface area contributed by atoms with Crippen molar-refractivity contribution in [3.05, 3.63) is 33.8 Å². The van der Waals surface area contributed by atoms with Crippen molar-refractivity contribution in [2.24, 2.45) is 0 Å². The third kappa shape index (κ3) is 2.19. The van der Waals surface area contributed by atoms with E-state index in [1.165, 1.54) is 0 Å². The molecule has 18 heavy (non-hydrogen) atoms. The maximum atomic E-state index is 12.1. The van der Waals surface area contributed by atoms with Gasteiger partial charge in [-0.25, -0.2) is 0 Å². The average Bonchev–Trinajstić information content (AvgIpc) is 2.76. The van der Waals surface area contributed by atoms with Crippen molar-refractivity contribution in [3.63, 3.8) is 0 Å². The topological polar surface area (TPSA) is 80.9 Å². The Morgan fingerprint density at radius 3 is 2.67 bits per heavy atom. The van der Waals surface area contributed by atoms with E-state index in [9.17, 15) is 4.79 Å². The third-order valence-electron chi connectivity index (χ3n) is 2.81. The molecule has 6 heteroatoms. The average molecular weight is 262 g/mol. The van der Waals surface area contributed by atoms with Gasteiger partial charge < -0.3 is 11.1 Å². The minimum atomic E-state index is -0.195. The summed E-state index contributed by atoms with van der Waals surface area (Å²) in [5.41, 5.74) is 9.75. The molecule has 2 rings (SSSR count). The second kappa shape index (κ2) is 4.73. The van der Waals surface area contributed by atoms with E-state index in [-0.39, 0.29) is 5.91 Å². The van der Waals surface area contributed by atoms with Crippen molar-refractivity contribution >= 4 is 28.8 Å². The van der Waals surface area contributed by atoms with Gasteiger partial charge in [0.15, 0.2) is 0 Å². The molecule has 1 aromatic carbocycles. The number of carbonyl (C=O) groups excluding carboxylic acids is 1. The van der Waals surface area contributed by atoms with Crippen LogP contribution >= 0.6 is 11.5 Å². The highest BCUT2D eigenvalue weighted by molar-refractivity contribution is 7.08. The largest absolute Gasteiger partial charge is 0.398 e. The predicted octanol–water partition coefficient (Wildman–Crippen LogP) is 2.30. The Kier molecular flexibility index (Phi) is 3.29. The first-order chi connectivity index (χ1) is 8.50. The molecule has 94 valence electrons. The number of rotatable bonds is 2. The van der Waals surface area contributed by atoms with E-state index in [0.717, 1.165) is 28.3 Å². The maximum Gasteiger partial charge on any atom is 0.269 e. The van der Waals surface area contributed by atoms with Crippen molar-refractivity contribution in [3.8, 4) is 0 Å². The van der Waals surface area contributed by atoms with E-state index in [0.29, 0.717) is 16.3 Å². The van der Waals surface area contributed by atoms with Crippen LogP contribution < -0.4 is 11.1 Å². The minimum Gasteiger partial charge on any atom is -0.398 e. The number of aryl methyl sites for hydroxylation is 2. The van der Waals surface area contributed by atoms with Gasteiger partial charge in [-0.1, -0.05) is 10.6 Å². The van der Waals surface area contributed by atoms with E-state index >= 15 is 0 Å². The first kappa shape index (κ1) is 12.5. The van der Waals surface area contributed by atoms with Gasteiger partial charge in [-0.15, -0.1) is 5.10 Å². The SMILES string of the molecule is Cc1ccc(N)c(C)c1NC(=O)c1snnc1C. The summed E-state index contributed by atoms with van der Waals surface area (Å²) >= 11 is 1.09. The molecule has 0 aliphatic carbocycles. The standard InChI is InChI=1S/C12H14N4OS/c1-6-4-5-9(13)7(2)10(6)14-12(17)11-8(3)15-16-18-11/h4-5H,13H2,1-3H3,(H,14,17). The van der Waals surface area contributed by atoms with E-state index in [1.807, 2.05) is 26.0 Å². The van der Waals surface area contributed by atoms with E-state index in [4.69, 9.17) is 5.73 Å². The van der Waals surface area contributed by atoms with Gasteiger partial charge in [-0.05, 0) is 49.5 Å². The molecule has 0 fully saturated rings. The molecule has 0 saturated heterocycles. The lowest BCUT2D eigenvalue weighted by Gasteiger charge is -2.12. The Hall–Kier alpha value is -1.95. The quantitative estimate of drug-likeness (QED) is 0.814. The van der Waals surface area contributed by atoms with Crippen LogP contribution in [0.4, 0.5) is 11.4 Å². The zero-order valence-corrected chi connectivity index (χ0v) is 11.3. The zero-order chi connectivity index (χ0) is 13.3. The number of nitrogens with one attached hydrogen (secondary N) is 1. The molecule has 1 aromatic heterocycles. The van der Waals surface area contributed by atoms with Crippen LogP contribution in [0.1, 0.15) is 26.5 Å². The molecular weight excluding hydrogens is 248 g/mol. The summed E-state index contributed by atoms with van der Waals surface area (Å²) in [6.07, 6.45) is 0. The van der Waals surface area contributed by atoms with Gasteiger partial charge in [0, 0.05) is 11.4 Å². The Bertz CT molecular complexity index is 606. The number of amides is 1. The molecule has 2 aromatic rings. The molecule has 1 amide bonds. The number of aromatic nitrogens is 2. The Labute approximate surface area is 109 Å². The van der Waals surface area contributed by atoms with Crippen LogP contribution in [0, 0.1) is 20.8 Å². The fourth-order valence-electron chi connectivity index (χ4n) is 1.67. The molecule has 1 heterocycles. The number of benzene rings is 1. The zero-order valence-electron chi connectivity index (χ0n) is 10.4. The van der Waals surface area contributed by atoms with Gasteiger partial charge in [0.2, 0.25) is 0 Å². The summed E-state index contributed by atoms with van der Waals surface area (Å²) in [6.45, 7) is 5.58. The van der Waals surface area contributed by atoms with Crippen molar-refractivity contribution in [2.45, 2.75) is 20.8 Å². The maximum absolute atomic E-state index is 12.1. The van der Waals surface area contributed by atoms with Crippen LogP contribution in [0.5, 0.6) is 0 Å². The normalized spacial score (nSPS) is 10.4. The molecule has 3 N–H and O–H groups in total. The molecule has 0 bridgehead atoms. The number of carbonyl (C=O) groups is 1. The van der Waals surface area contributed by atoms with Crippen molar-refractivity contribution < 1.29 is 4.79 Å². The van der Waals surface area contributed by atoms with Crippen LogP contribution in [0.2, 0.25) is 0 Å². The number of nitrogens with two attached hydrogens (primary N) is 1. The first-order valence-corrected chi connectivity index (χ1v) is 6.24. The fraction of sp³-hybridized carbons (Fsp3) is 0.250. The molecule has 0 radical (unpaired) electrons. The lowest BCUT2D eigenvalue weighted by atomic mass is 10.1. The van der Waals surface area contributed by atoms with Gasteiger partial charge in [0.1, 0.15) is 4.88 Å². The highest BCUT2D eigenvalue weighted by Crippen LogP contribution is 2.26. The molecule has 0 unspecified atom stereocenters. The van der Waals surface area contributed by atoms with Gasteiger partial charge in [-0.2, -0.15) is 0 Å². The molecular formula is C12H14N4OS. The van der Waals surface area contributed by atoms with Crippen LogP contribution in [-0.4, -0.2) is 15.5 Å². The van der Waals surface area contributed by atoms with Crippen molar-refractivity contribution in [1.82, 2.24) is 9.59 Å². The predicted molar refractivity (Wildman–Crippen MR) is 72.9 cm³/mol. The summed E-state index contributed by atoms with van der Waals surface area (Å²) < 4.78 is 3.75. The summed E-state index contributed by atoms with van der Waals surface area (Å²) in [5, 5.41) is 6.70. The minimum absolute atomic E-state index is 0.195. The molecule has 0 saturated carbocycles. The smallest absolute Gasteiger partial charge is 0.269 e. The van der Waals surface area contributed by atoms with Crippen LogP contribution in [0.25, 0.3) is 0 Å². The molecule has 0 aliphatic rings. The number of nitrogens with zero attached hydrogens (tertiary/aromatic N) is 2. The lowest BCUT2D eigenvalue weighted by molar-refractivity contribution is 0.102. The van der Waals surface area contributed by atoms with Gasteiger partial charge in [-0.3, -0.25) is 4.79 Å². The first-order valence-electron chi connectivity index (χ1n) is 5.46. The molecule has 0 aliphatic heterocycles. The van der Waals surface area contributed by atoms with Crippen LogP contribution in [0.15, 0.2) is 12.1 Å². The van der Waals surface area contributed by atoms with E-state index < -0.39 is 0 Å². The fourth-order valence-corrected chi connectivity index (χ4v) is 2.22. The summed E-state index contributed by atoms with van der Waals surface area (Å²) in [7, 11) is 0. The van der Waals surface area contributed by atoms with Crippen LogP contribution in [-0.2, 0) is 0 Å². The summed E-state index contributed by atoms with van der Waals surface area (Å²) in [5.74, 6) is -0.195. The second-order valence-electron chi connectivity index (χ2n) is 4.11. The van der Waals surface area contributed by atoms with E-state index in [1.54, 1.807) is 6.92 Å². The Balaban J connectivity index is 2.33. The Morgan fingerprint density at radius 1 is 1.33 bits per heavy atom. The number of hydrogen-bond donors (Lipinski definition) is 2. The summed E-state index contributed by atoms with van der Waals surface area (Å²) in [6, 6.07) is 3.72. The van der Waals surface area contributed by atoms with Crippen molar-refractivity contribution in [1.29, 1.82) is 0 Å². The van der Waals surface area contributed by atoms with Gasteiger partial charge >= 0.3 is 0 Å². The number of nitrogen functional groups attached to an aromatic ring is 1. The van der Waals surface area contributed by atoms with Crippen LogP contribution in [0.3, 0.4) is 0 Å². The molecule has 0 spiro atoms. The van der Waals surface area contributed by atoms with Gasteiger partial charge in [0.25, 0.3) is 5.91 Å². The highest BCUT2D eigenvalue weighted by atomic mass is 32.1. The van der Waals surface area contributed by atoms with E-state index in [2.05, 4.69) is 14.9 Å². The molecule has 5 nitrogen and oxygen atoms in total. The summed E-state index contributed by atoms with van der Waals surface area (Å²) in [4.78, 5) is 12.6. The number of hydrogen-bond acceptors (Lipinski definition) is 5. The highest BCUT2D eigenvalue weighted by Gasteiger charge is 2.15. The Morgan fingerprint density at radius 2 is 2.06 bits per heavy atom. The molecule has 0 atom stereocenters. The van der Waals surface area contributed by atoms with Crippen molar-refractivity contribution in [2.75, 3.05) is 11.1 Å². The lowest BCUT2D eigenvalue weighted by Crippen LogP contribution is -2.14. The third-order valence-corrected chi connectivity index (χ3v) is 3.64. The van der Waals surface area contributed by atoms with Gasteiger partial charge in [0.05, 0.1) is 5.69 Å².